The number of nitrogens with two attached hydrogens (primary N) is 1. The fourth-order valence-corrected chi connectivity index (χ4v) is 4.81. The lowest BCUT2D eigenvalue weighted by atomic mass is 9.78. The Hall–Kier alpha value is -1.99. The summed E-state index contributed by atoms with van der Waals surface area (Å²) in [6, 6.07) is 11.9. The Balaban J connectivity index is 1.69. The smallest absolute Gasteiger partial charge is 0.248 e. The number of amides is 1. The Morgan fingerprint density at radius 1 is 1.29 bits per heavy atom. The van der Waals surface area contributed by atoms with Crippen molar-refractivity contribution in [1.29, 1.82) is 0 Å². The summed E-state index contributed by atoms with van der Waals surface area (Å²) in [5.41, 5.74) is 7.92. The molecule has 1 amide bonds. The van der Waals surface area contributed by atoms with Gasteiger partial charge >= 0.3 is 0 Å². The number of rotatable bonds is 8. The van der Waals surface area contributed by atoms with Gasteiger partial charge in [0.25, 0.3) is 0 Å². The molecule has 5 nitrogen and oxygen atoms in total. The van der Waals surface area contributed by atoms with Gasteiger partial charge in [0.05, 0.1) is 0 Å². The van der Waals surface area contributed by atoms with Crippen LogP contribution in [0.15, 0.2) is 42.5 Å². The van der Waals surface area contributed by atoms with Crippen molar-refractivity contribution >= 4 is 17.5 Å². The average molecular weight is 448 g/mol. The van der Waals surface area contributed by atoms with E-state index in [1.165, 1.54) is 12.1 Å². The Morgan fingerprint density at radius 3 is 2.74 bits per heavy atom. The van der Waals surface area contributed by atoms with Crippen molar-refractivity contribution in [2.45, 2.75) is 31.4 Å². The SMILES string of the molecule is CN(C)C[C@H]1C(O)N(CCCc2ccc(F)cc2Cl)CC[C@H]1c1cccc(C(N)=O)c1. The predicted molar refractivity (Wildman–Crippen MR) is 122 cm³/mol. The zero-order chi connectivity index (χ0) is 22.5. The molecule has 1 aliphatic heterocycles. The number of piperidine rings is 1. The van der Waals surface area contributed by atoms with Crippen molar-refractivity contribution in [3.05, 3.63) is 70.0 Å². The molecule has 0 aromatic heterocycles. The Bertz CT molecular complexity index is 908. The number of carbonyl (C=O) groups is 1. The molecule has 1 saturated heterocycles. The molecule has 3 atom stereocenters. The van der Waals surface area contributed by atoms with Crippen LogP contribution in [0.4, 0.5) is 4.39 Å². The van der Waals surface area contributed by atoms with Gasteiger partial charge in [0, 0.05) is 36.1 Å². The number of primary amides is 1. The van der Waals surface area contributed by atoms with Gasteiger partial charge in [-0.2, -0.15) is 0 Å². The molecule has 0 radical (unpaired) electrons. The molecular formula is C24H31ClFN3O2. The maximum absolute atomic E-state index is 13.2. The second-order valence-corrected chi connectivity index (χ2v) is 9.01. The number of halogens is 2. The third-order valence-electron chi connectivity index (χ3n) is 6.08. The van der Waals surface area contributed by atoms with Gasteiger partial charge in [0.1, 0.15) is 12.0 Å². The van der Waals surface area contributed by atoms with E-state index in [-0.39, 0.29) is 17.7 Å². The van der Waals surface area contributed by atoms with E-state index in [0.717, 1.165) is 50.0 Å². The number of aliphatic hydroxyl groups excluding tert-OH is 1. The van der Waals surface area contributed by atoms with Crippen LogP contribution in [0.2, 0.25) is 5.02 Å². The quantitative estimate of drug-likeness (QED) is 0.649. The van der Waals surface area contributed by atoms with E-state index in [1.54, 1.807) is 12.1 Å². The fraction of sp³-hybridized carbons (Fsp3) is 0.458. The number of hydrogen-bond donors (Lipinski definition) is 2. The van der Waals surface area contributed by atoms with E-state index in [0.29, 0.717) is 10.6 Å². The highest BCUT2D eigenvalue weighted by molar-refractivity contribution is 6.31. The number of hydrogen-bond acceptors (Lipinski definition) is 4. The van der Waals surface area contributed by atoms with Gasteiger partial charge in [0.15, 0.2) is 0 Å². The number of aryl methyl sites for hydroxylation is 1. The molecule has 1 aliphatic rings. The molecule has 168 valence electrons. The molecule has 7 heteroatoms. The standard InChI is InChI=1S/C24H31ClFN3O2/c1-28(2)15-21-20(17-5-3-6-18(13-17)23(27)30)10-12-29(24(21)31)11-4-7-16-8-9-19(26)14-22(16)25/h3,5-6,8-9,13-14,20-21,24,31H,4,7,10-12,15H2,1-2H3,(H2,27,30)/t20-,21+,24?/m0/s1. The summed E-state index contributed by atoms with van der Waals surface area (Å²) in [7, 11) is 4.00. The van der Waals surface area contributed by atoms with Crippen molar-refractivity contribution in [2.24, 2.45) is 11.7 Å². The van der Waals surface area contributed by atoms with E-state index in [2.05, 4.69) is 9.80 Å². The largest absolute Gasteiger partial charge is 0.378 e. The highest BCUT2D eigenvalue weighted by Crippen LogP contribution is 2.37. The summed E-state index contributed by atoms with van der Waals surface area (Å²) in [6.45, 7) is 2.22. The molecule has 3 rings (SSSR count). The van der Waals surface area contributed by atoms with Crippen molar-refractivity contribution in [3.8, 4) is 0 Å². The zero-order valence-electron chi connectivity index (χ0n) is 18.1. The minimum absolute atomic E-state index is 0.00119. The summed E-state index contributed by atoms with van der Waals surface area (Å²) in [5.74, 6) is -0.637. The maximum Gasteiger partial charge on any atom is 0.248 e. The lowest BCUT2D eigenvalue weighted by Crippen LogP contribution is -2.51. The number of benzene rings is 2. The lowest BCUT2D eigenvalue weighted by Gasteiger charge is -2.44. The van der Waals surface area contributed by atoms with Crippen LogP contribution in [0.25, 0.3) is 0 Å². The van der Waals surface area contributed by atoms with Crippen molar-refractivity contribution in [1.82, 2.24) is 9.80 Å². The van der Waals surface area contributed by atoms with Crippen LogP contribution in [0.5, 0.6) is 0 Å². The minimum Gasteiger partial charge on any atom is -0.378 e. The maximum atomic E-state index is 13.2. The normalized spacial score (nSPS) is 22.1. The molecular weight excluding hydrogens is 417 g/mol. The molecule has 0 spiro atoms. The van der Waals surface area contributed by atoms with Crippen molar-refractivity contribution in [3.63, 3.8) is 0 Å². The van der Waals surface area contributed by atoms with Crippen LogP contribution >= 0.6 is 11.6 Å². The van der Waals surface area contributed by atoms with Crippen LogP contribution < -0.4 is 5.73 Å². The van der Waals surface area contributed by atoms with E-state index < -0.39 is 12.1 Å². The summed E-state index contributed by atoms with van der Waals surface area (Å²) >= 11 is 6.14. The molecule has 0 aliphatic carbocycles. The van der Waals surface area contributed by atoms with E-state index in [9.17, 15) is 14.3 Å². The fourth-order valence-electron chi connectivity index (χ4n) is 4.55. The third-order valence-corrected chi connectivity index (χ3v) is 6.43. The van der Waals surface area contributed by atoms with Crippen LogP contribution in [0, 0.1) is 11.7 Å². The highest BCUT2D eigenvalue weighted by Gasteiger charge is 2.37. The molecule has 2 aromatic rings. The van der Waals surface area contributed by atoms with E-state index >= 15 is 0 Å². The molecule has 1 heterocycles. The first kappa shape index (κ1) is 23.7. The second kappa shape index (κ2) is 10.6. The summed E-state index contributed by atoms with van der Waals surface area (Å²) in [6.07, 6.45) is 1.83. The Morgan fingerprint density at radius 2 is 2.06 bits per heavy atom. The Labute approximate surface area is 188 Å². The monoisotopic (exact) mass is 447 g/mol. The van der Waals surface area contributed by atoms with E-state index in [1.807, 2.05) is 32.3 Å². The van der Waals surface area contributed by atoms with E-state index in [4.69, 9.17) is 17.3 Å². The molecule has 2 aromatic carbocycles. The topological polar surface area (TPSA) is 69.8 Å². The molecule has 3 N–H and O–H groups in total. The first-order valence-electron chi connectivity index (χ1n) is 10.7. The van der Waals surface area contributed by atoms with Gasteiger partial charge in [-0.15, -0.1) is 0 Å². The third kappa shape index (κ3) is 6.04. The van der Waals surface area contributed by atoms with Crippen molar-refractivity contribution < 1.29 is 14.3 Å². The van der Waals surface area contributed by atoms with Gasteiger partial charge in [-0.25, -0.2) is 4.39 Å². The molecule has 0 bridgehead atoms. The summed E-state index contributed by atoms with van der Waals surface area (Å²) < 4.78 is 13.2. The molecule has 1 fully saturated rings. The number of nitrogens with zero attached hydrogens (tertiary/aromatic N) is 2. The Kier molecular flexibility index (Phi) is 8.06. The number of carbonyl (C=O) groups excluding carboxylic acids is 1. The highest BCUT2D eigenvalue weighted by atomic mass is 35.5. The number of likely N-dealkylation sites (tertiary alicyclic amines) is 1. The molecule has 1 unspecified atom stereocenters. The van der Waals surface area contributed by atoms with Crippen molar-refractivity contribution in [2.75, 3.05) is 33.7 Å². The summed E-state index contributed by atoms with van der Waals surface area (Å²) in [4.78, 5) is 15.8. The van der Waals surface area contributed by atoms with Crippen LogP contribution in [0.3, 0.4) is 0 Å². The number of aliphatic hydroxyl groups is 1. The van der Waals surface area contributed by atoms with Gasteiger partial charge in [-0.1, -0.05) is 29.8 Å². The van der Waals surface area contributed by atoms with Gasteiger partial charge in [-0.3, -0.25) is 9.69 Å². The predicted octanol–water partition coefficient (Wildman–Crippen LogP) is 3.50. The van der Waals surface area contributed by atoms with Crippen LogP contribution in [-0.4, -0.2) is 60.8 Å². The van der Waals surface area contributed by atoms with Gasteiger partial charge in [-0.05, 0) is 74.7 Å². The second-order valence-electron chi connectivity index (χ2n) is 8.60. The average Bonchev–Trinajstić information content (AvgIpc) is 2.72. The molecule has 0 saturated carbocycles. The van der Waals surface area contributed by atoms with Crippen LogP contribution in [-0.2, 0) is 6.42 Å². The lowest BCUT2D eigenvalue weighted by molar-refractivity contribution is -0.0809. The first-order valence-corrected chi connectivity index (χ1v) is 11.0. The first-order chi connectivity index (χ1) is 14.8. The molecule has 31 heavy (non-hydrogen) atoms. The summed E-state index contributed by atoms with van der Waals surface area (Å²) in [5, 5.41) is 11.7. The zero-order valence-corrected chi connectivity index (χ0v) is 18.9. The minimum atomic E-state index is -0.595. The van der Waals surface area contributed by atoms with Gasteiger partial charge in [0.2, 0.25) is 5.91 Å². The van der Waals surface area contributed by atoms with Crippen LogP contribution in [0.1, 0.15) is 40.2 Å². The van der Waals surface area contributed by atoms with Gasteiger partial charge < -0.3 is 15.7 Å².